The Bertz CT molecular complexity index is 717. The maximum absolute atomic E-state index is 12.2. The number of aryl methyl sites for hydroxylation is 2. The molecule has 0 heterocycles. The predicted octanol–water partition coefficient (Wildman–Crippen LogP) is 4.38. The van der Waals surface area contributed by atoms with Crippen LogP contribution in [0.1, 0.15) is 36.5 Å². The SMILES string of the molecule is C[C@H](Oc1ccc2c(c1)CCCC2)C(=O)NCCSCc1ccccc1. The molecule has 2 aromatic rings. The average molecular weight is 370 g/mol. The molecule has 1 aliphatic rings. The third-order valence-electron chi connectivity index (χ3n) is 4.66. The van der Waals surface area contributed by atoms with E-state index in [1.54, 1.807) is 0 Å². The lowest BCUT2D eigenvalue weighted by Crippen LogP contribution is -2.37. The summed E-state index contributed by atoms with van der Waals surface area (Å²) in [6.45, 7) is 2.47. The van der Waals surface area contributed by atoms with Gasteiger partial charge in [0.25, 0.3) is 5.91 Å². The third kappa shape index (κ3) is 5.53. The first kappa shape index (κ1) is 18.8. The van der Waals surface area contributed by atoms with Crippen molar-refractivity contribution in [3.63, 3.8) is 0 Å². The van der Waals surface area contributed by atoms with E-state index in [1.165, 1.54) is 29.5 Å². The van der Waals surface area contributed by atoms with Crippen molar-refractivity contribution in [1.82, 2.24) is 5.32 Å². The summed E-state index contributed by atoms with van der Waals surface area (Å²) in [5.74, 6) is 2.61. The minimum absolute atomic E-state index is 0.0527. The Morgan fingerprint density at radius 3 is 2.69 bits per heavy atom. The van der Waals surface area contributed by atoms with Crippen LogP contribution in [0.15, 0.2) is 48.5 Å². The molecular formula is C22H27NO2S. The van der Waals surface area contributed by atoms with Crippen LogP contribution in [0.25, 0.3) is 0 Å². The highest BCUT2D eigenvalue weighted by Crippen LogP contribution is 2.25. The number of hydrogen-bond donors (Lipinski definition) is 1. The maximum atomic E-state index is 12.2. The van der Waals surface area contributed by atoms with E-state index in [9.17, 15) is 4.79 Å². The molecule has 0 fully saturated rings. The van der Waals surface area contributed by atoms with Gasteiger partial charge in [0.15, 0.2) is 6.10 Å². The molecule has 2 aromatic carbocycles. The van der Waals surface area contributed by atoms with Gasteiger partial charge >= 0.3 is 0 Å². The monoisotopic (exact) mass is 369 g/mol. The Kier molecular flexibility index (Phi) is 7.01. The number of benzene rings is 2. The minimum atomic E-state index is -0.476. The molecule has 0 aromatic heterocycles. The van der Waals surface area contributed by atoms with Crippen LogP contribution in [0.5, 0.6) is 5.75 Å². The largest absolute Gasteiger partial charge is 0.481 e. The molecule has 4 heteroatoms. The Hall–Kier alpha value is -1.94. The fourth-order valence-corrected chi connectivity index (χ4v) is 4.01. The van der Waals surface area contributed by atoms with E-state index in [1.807, 2.05) is 30.8 Å². The smallest absolute Gasteiger partial charge is 0.260 e. The van der Waals surface area contributed by atoms with Gasteiger partial charge in [0.2, 0.25) is 0 Å². The highest BCUT2D eigenvalue weighted by atomic mass is 32.2. The zero-order chi connectivity index (χ0) is 18.2. The van der Waals surface area contributed by atoms with Crippen molar-refractivity contribution in [1.29, 1.82) is 0 Å². The number of nitrogens with one attached hydrogen (secondary N) is 1. The predicted molar refractivity (Wildman–Crippen MR) is 109 cm³/mol. The normalized spacial score (nSPS) is 14.3. The molecule has 0 bridgehead atoms. The molecule has 1 atom stereocenters. The maximum Gasteiger partial charge on any atom is 0.260 e. The van der Waals surface area contributed by atoms with Crippen LogP contribution in [0.3, 0.4) is 0 Å². The molecule has 0 saturated carbocycles. The van der Waals surface area contributed by atoms with E-state index < -0.39 is 6.10 Å². The number of fused-ring (bicyclic) bond motifs is 1. The van der Waals surface area contributed by atoms with E-state index in [2.05, 4.69) is 41.7 Å². The van der Waals surface area contributed by atoms with Crippen LogP contribution in [-0.2, 0) is 23.4 Å². The number of ether oxygens (including phenoxy) is 1. The lowest BCUT2D eigenvalue weighted by atomic mass is 9.92. The fraction of sp³-hybridized carbons (Fsp3) is 0.409. The first-order valence-electron chi connectivity index (χ1n) is 9.40. The van der Waals surface area contributed by atoms with Gasteiger partial charge in [-0.15, -0.1) is 0 Å². The topological polar surface area (TPSA) is 38.3 Å². The first-order chi connectivity index (χ1) is 12.7. The van der Waals surface area contributed by atoms with E-state index >= 15 is 0 Å². The molecule has 1 N–H and O–H groups in total. The van der Waals surface area contributed by atoms with E-state index in [0.717, 1.165) is 30.1 Å². The van der Waals surface area contributed by atoms with Gasteiger partial charge in [-0.3, -0.25) is 4.79 Å². The summed E-state index contributed by atoms with van der Waals surface area (Å²) in [7, 11) is 0. The Morgan fingerprint density at radius 1 is 1.12 bits per heavy atom. The lowest BCUT2D eigenvalue weighted by molar-refractivity contribution is -0.127. The number of hydrogen-bond acceptors (Lipinski definition) is 3. The second-order valence-corrected chi connectivity index (χ2v) is 7.83. The minimum Gasteiger partial charge on any atom is -0.481 e. The molecule has 0 spiro atoms. The molecular weight excluding hydrogens is 342 g/mol. The Morgan fingerprint density at radius 2 is 1.88 bits per heavy atom. The van der Waals surface area contributed by atoms with Crippen LogP contribution < -0.4 is 10.1 Å². The highest BCUT2D eigenvalue weighted by Gasteiger charge is 2.16. The van der Waals surface area contributed by atoms with Gasteiger partial charge in [-0.25, -0.2) is 0 Å². The molecule has 138 valence electrons. The number of thioether (sulfide) groups is 1. The number of amides is 1. The number of rotatable bonds is 8. The average Bonchev–Trinajstić information content (AvgIpc) is 2.68. The van der Waals surface area contributed by atoms with Crippen molar-refractivity contribution in [2.75, 3.05) is 12.3 Å². The van der Waals surface area contributed by atoms with Crippen LogP contribution in [-0.4, -0.2) is 24.3 Å². The van der Waals surface area contributed by atoms with Crippen LogP contribution >= 0.6 is 11.8 Å². The molecule has 0 unspecified atom stereocenters. The van der Waals surface area contributed by atoms with Gasteiger partial charge in [-0.2, -0.15) is 11.8 Å². The molecule has 0 saturated heterocycles. The van der Waals surface area contributed by atoms with Crippen molar-refractivity contribution >= 4 is 17.7 Å². The van der Waals surface area contributed by atoms with E-state index in [4.69, 9.17) is 4.74 Å². The molecule has 0 aliphatic heterocycles. The van der Waals surface area contributed by atoms with Gasteiger partial charge < -0.3 is 10.1 Å². The van der Waals surface area contributed by atoms with Crippen molar-refractivity contribution in [2.24, 2.45) is 0 Å². The second-order valence-electron chi connectivity index (χ2n) is 6.73. The van der Waals surface area contributed by atoms with Gasteiger partial charge in [0.1, 0.15) is 5.75 Å². The second kappa shape index (κ2) is 9.67. The number of carbonyl (C=O) groups excluding carboxylic acids is 1. The Balaban J connectivity index is 1.38. The first-order valence-corrected chi connectivity index (χ1v) is 10.6. The molecule has 3 nitrogen and oxygen atoms in total. The highest BCUT2D eigenvalue weighted by molar-refractivity contribution is 7.98. The molecule has 1 aliphatic carbocycles. The summed E-state index contributed by atoms with van der Waals surface area (Å²) in [6.07, 6.45) is 4.32. The zero-order valence-corrected chi connectivity index (χ0v) is 16.2. The lowest BCUT2D eigenvalue weighted by Gasteiger charge is -2.19. The molecule has 1 amide bonds. The summed E-state index contributed by atoms with van der Waals surface area (Å²) in [5.41, 5.74) is 4.11. The summed E-state index contributed by atoms with van der Waals surface area (Å²) in [6, 6.07) is 16.6. The zero-order valence-electron chi connectivity index (χ0n) is 15.4. The summed E-state index contributed by atoms with van der Waals surface area (Å²) in [5, 5.41) is 2.97. The van der Waals surface area contributed by atoms with Crippen molar-refractivity contribution < 1.29 is 9.53 Å². The quantitative estimate of drug-likeness (QED) is 0.702. The van der Waals surface area contributed by atoms with Gasteiger partial charge in [-0.1, -0.05) is 36.4 Å². The van der Waals surface area contributed by atoms with Gasteiger partial charge in [-0.05, 0) is 61.4 Å². The van der Waals surface area contributed by atoms with Crippen molar-refractivity contribution in [3.05, 3.63) is 65.2 Å². The molecule has 0 radical (unpaired) electrons. The van der Waals surface area contributed by atoms with Gasteiger partial charge in [0, 0.05) is 18.1 Å². The van der Waals surface area contributed by atoms with Gasteiger partial charge in [0.05, 0.1) is 0 Å². The van der Waals surface area contributed by atoms with Crippen LogP contribution in [0.2, 0.25) is 0 Å². The molecule has 3 rings (SSSR count). The van der Waals surface area contributed by atoms with E-state index in [-0.39, 0.29) is 5.91 Å². The van der Waals surface area contributed by atoms with Crippen LogP contribution in [0.4, 0.5) is 0 Å². The summed E-state index contributed by atoms with van der Waals surface area (Å²) >= 11 is 1.82. The van der Waals surface area contributed by atoms with E-state index in [0.29, 0.717) is 6.54 Å². The fourth-order valence-electron chi connectivity index (χ4n) is 3.20. The van der Waals surface area contributed by atoms with Crippen LogP contribution in [0, 0.1) is 0 Å². The standard InChI is InChI=1S/C22H27NO2S/c1-17(25-21-12-11-19-9-5-6-10-20(19)15-21)22(24)23-13-14-26-16-18-7-3-2-4-8-18/h2-4,7-8,11-12,15,17H,5-6,9-10,13-14,16H2,1H3,(H,23,24)/t17-/m0/s1. The number of carbonyl (C=O) groups is 1. The van der Waals surface area contributed by atoms with Crippen molar-refractivity contribution in [3.8, 4) is 5.75 Å². The summed E-state index contributed by atoms with van der Waals surface area (Å²) < 4.78 is 5.85. The van der Waals surface area contributed by atoms with Crippen molar-refractivity contribution in [2.45, 2.75) is 44.5 Å². The molecule has 26 heavy (non-hydrogen) atoms. The third-order valence-corrected chi connectivity index (χ3v) is 5.69. The Labute approximate surface area is 160 Å². The summed E-state index contributed by atoms with van der Waals surface area (Å²) in [4.78, 5) is 12.2.